The molecule has 7 heteroatoms. The van der Waals surface area contributed by atoms with Crippen molar-refractivity contribution in [2.45, 2.75) is 19.4 Å². The van der Waals surface area contributed by atoms with Crippen LogP contribution in [0.3, 0.4) is 0 Å². The Kier molecular flexibility index (Phi) is 8.37. The van der Waals surface area contributed by atoms with Gasteiger partial charge in [-0.25, -0.2) is 0 Å². The summed E-state index contributed by atoms with van der Waals surface area (Å²) in [7, 11) is 3.04. The van der Waals surface area contributed by atoms with E-state index >= 15 is 0 Å². The van der Waals surface area contributed by atoms with E-state index < -0.39 is 0 Å². The minimum absolute atomic E-state index is 0.0125. The fourth-order valence-corrected chi connectivity index (χ4v) is 2.92. The zero-order chi connectivity index (χ0) is 18.8. The lowest BCUT2D eigenvalue weighted by atomic mass is 10.2. The van der Waals surface area contributed by atoms with Crippen LogP contribution in [0.2, 0.25) is 0 Å². The Morgan fingerprint density at radius 2 is 1.69 bits per heavy atom. The van der Waals surface area contributed by atoms with Crippen molar-refractivity contribution in [3.63, 3.8) is 0 Å². The topological polar surface area (TPSA) is 71.1 Å². The summed E-state index contributed by atoms with van der Waals surface area (Å²) in [6.07, 6.45) is 0.939. The number of hydrogen-bond acceptors (Lipinski definition) is 6. The second-order valence-electron chi connectivity index (χ2n) is 6.43. The van der Waals surface area contributed by atoms with E-state index in [9.17, 15) is 9.59 Å². The number of carbonyl (C=O) groups is 2. The molecule has 1 N–H and O–H groups in total. The third-order valence-electron chi connectivity index (χ3n) is 4.50. The monoisotopic (exact) mass is 363 g/mol. The number of esters is 1. The van der Waals surface area contributed by atoms with Crippen LogP contribution in [0, 0.1) is 0 Å². The van der Waals surface area contributed by atoms with Crippen molar-refractivity contribution < 1.29 is 19.1 Å². The lowest BCUT2D eigenvalue weighted by Crippen LogP contribution is -2.49. The number of nitrogens with zero attached hydrogens (tertiary/aromatic N) is 2. The standard InChI is InChI=1S/C19H29N3O4/c1-25-17-7-5-16(6-8-17)14-21-10-12-22(13-11-21)15-18(23)20-9-3-4-19(24)26-2/h5-8H,3-4,9-15H2,1-2H3,(H,20,23). The summed E-state index contributed by atoms with van der Waals surface area (Å²) in [5, 5.41) is 2.86. The number of rotatable bonds is 9. The Labute approximate surface area is 155 Å². The Hall–Kier alpha value is -2.12. The molecule has 0 aromatic heterocycles. The van der Waals surface area contributed by atoms with Crippen molar-refractivity contribution in [3.8, 4) is 5.75 Å². The molecule has 1 aliphatic rings. The number of hydrogen-bond donors (Lipinski definition) is 1. The van der Waals surface area contributed by atoms with Crippen LogP contribution in [0.25, 0.3) is 0 Å². The third kappa shape index (κ3) is 7.01. The van der Waals surface area contributed by atoms with Crippen molar-refractivity contribution in [2.75, 3.05) is 53.5 Å². The van der Waals surface area contributed by atoms with Gasteiger partial charge in [0.05, 0.1) is 20.8 Å². The Morgan fingerprint density at radius 1 is 1.04 bits per heavy atom. The first-order chi connectivity index (χ1) is 12.6. The van der Waals surface area contributed by atoms with E-state index in [2.05, 4.69) is 32.0 Å². The highest BCUT2D eigenvalue weighted by Crippen LogP contribution is 2.14. The van der Waals surface area contributed by atoms with Gasteiger partial charge < -0.3 is 14.8 Å². The lowest BCUT2D eigenvalue weighted by Gasteiger charge is -2.34. The highest BCUT2D eigenvalue weighted by atomic mass is 16.5. The average molecular weight is 363 g/mol. The second-order valence-corrected chi connectivity index (χ2v) is 6.43. The molecule has 0 saturated carbocycles. The molecule has 0 bridgehead atoms. The first kappa shape index (κ1) is 20.2. The van der Waals surface area contributed by atoms with E-state index in [-0.39, 0.29) is 11.9 Å². The van der Waals surface area contributed by atoms with E-state index in [0.717, 1.165) is 38.5 Å². The van der Waals surface area contributed by atoms with Crippen molar-refractivity contribution in [2.24, 2.45) is 0 Å². The summed E-state index contributed by atoms with van der Waals surface area (Å²) in [6, 6.07) is 8.15. The second kappa shape index (κ2) is 10.8. The molecule has 144 valence electrons. The fourth-order valence-electron chi connectivity index (χ4n) is 2.92. The van der Waals surface area contributed by atoms with Crippen LogP contribution in [-0.2, 0) is 20.9 Å². The Morgan fingerprint density at radius 3 is 2.31 bits per heavy atom. The minimum Gasteiger partial charge on any atom is -0.497 e. The van der Waals surface area contributed by atoms with Gasteiger partial charge in [-0.3, -0.25) is 19.4 Å². The van der Waals surface area contributed by atoms with Gasteiger partial charge >= 0.3 is 5.97 Å². The van der Waals surface area contributed by atoms with Crippen molar-refractivity contribution in [1.82, 2.24) is 15.1 Å². The van der Waals surface area contributed by atoms with Gasteiger partial charge in [-0.15, -0.1) is 0 Å². The molecule has 1 amide bonds. The molecular formula is C19H29N3O4. The van der Waals surface area contributed by atoms with Gasteiger partial charge in [-0.1, -0.05) is 12.1 Å². The van der Waals surface area contributed by atoms with Gasteiger partial charge in [-0.05, 0) is 24.1 Å². The molecule has 26 heavy (non-hydrogen) atoms. The largest absolute Gasteiger partial charge is 0.497 e. The molecule has 0 atom stereocenters. The van der Waals surface area contributed by atoms with Crippen molar-refractivity contribution in [3.05, 3.63) is 29.8 Å². The molecule has 0 aliphatic carbocycles. The molecule has 1 aromatic rings. The van der Waals surface area contributed by atoms with Gasteiger partial charge in [0.15, 0.2) is 0 Å². The number of carbonyl (C=O) groups excluding carboxylic acids is 2. The van der Waals surface area contributed by atoms with Crippen LogP contribution in [0.15, 0.2) is 24.3 Å². The summed E-state index contributed by atoms with van der Waals surface area (Å²) in [6.45, 7) is 5.48. The number of benzene rings is 1. The van der Waals surface area contributed by atoms with Gasteiger partial charge in [0.25, 0.3) is 0 Å². The molecular weight excluding hydrogens is 334 g/mol. The molecule has 1 fully saturated rings. The van der Waals surface area contributed by atoms with Gasteiger partial charge in [0, 0.05) is 45.7 Å². The summed E-state index contributed by atoms with van der Waals surface area (Å²) < 4.78 is 9.75. The number of nitrogens with one attached hydrogen (secondary N) is 1. The molecule has 1 heterocycles. The van der Waals surface area contributed by atoms with E-state index in [1.54, 1.807) is 7.11 Å². The fraction of sp³-hybridized carbons (Fsp3) is 0.579. The maximum atomic E-state index is 12.0. The summed E-state index contributed by atoms with van der Waals surface area (Å²) in [4.78, 5) is 27.5. The normalized spacial score (nSPS) is 15.5. The van der Waals surface area contributed by atoms with E-state index in [1.807, 2.05) is 12.1 Å². The zero-order valence-corrected chi connectivity index (χ0v) is 15.7. The van der Waals surface area contributed by atoms with E-state index in [4.69, 9.17) is 4.74 Å². The van der Waals surface area contributed by atoms with Crippen LogP contribution >= 0.6 is 0 Å². The van der Waals surface area contributed by atoms with E-state index in [0.29, 0.717) is 25.9 Å². The number of amides is 1. The maximum Gasteiger partial charge on any atom is 0.305 e. The Balaban J connectivity index is 1.61. The van der Waals surface area contributed by atoms with Crippen LogP contribution in [-0.4, -0.2) is 75.2 Å². The quantitative estimate of drug-likeness (QED) is 0.519. The zero-order valence-electron chi connectivity index (χ0n) is 15.7. The Bertz CT molecular complexity index is 569. The van der Waals surface area contributed by atoms with Crippen LogP contribution in [0.5, 0.6) is 5.75 Å². The smallest absolute Gasteiger partial charge is 0.305 e. The van der Waals surface area contributed by atoms with Gasteiger partial charge in [-0.2, -0.15) is 0 Å². The van der Waals surface area contributed by atoms with Crippen molar-refractivity contribution >= 4 is 11.9 Å². The minimum atomic E-state index is -0.243. The third-order valence-corrected chi connectivity index (χ3v) is 4.50. The van der Waals surface area contributed by atoms with Crippen LogP contribution in [0.1, 0.15) is 18.4 Å². The summed E-state index contributed by atoms with van der Waals surface area (Å²) in [5.41, 5.74) is 1.27. The molecule has 1 aliphatic heterocycles. The van der Waals surface area contributed by atoms with Crippen LogP contribution < -0.4 is 10.1 Å². The van der Waals surface area contributed by atoms with E-state index in [1.165, 1.54) is 12.7 Å². The molecule has 1 aromatic carbocycles. The molecule has 0 spiro atoms. The average Bonchev–Trinajstić information content (AvgIpc) is 2.67. The number of piperazine rings is 1. The highest BCUT2D eigenvalue weighted by molar-refractivity contribution is 5.78. The van der Waals surface area contributed by atoms with Gasteiger partial charge in [0.1, 0.15) is 5.75 Å². The lowest BCUT2D eigenvalue weighted by molar-refractivity contribution is -0.140. The molecule has 7 nitrogen and oxygen atoms in total. The molecule has 1 saturated heterocycles. The van der Waals surface area contributed by atoms with Gasteiger partial charge in [0.2, 0.25) is 5.91 Å². The summed E-state index contributed by atoms with van der Waals surface area (Å²) >= 11 is 0. The predicted molar refractivity (Wildman–Crippen MR) is 99.0 cm³/mol. The first-order valence-electron chi connectivity index (χ1n) is 9.02. The first-order valence-corrected chi connectivity index (χ1v) is 9.02. The van der Waals surface area contributed by atoms with Crippen LogP contribution in [0.4, 0.5) is 0 Å². The maximum absolute atomic E-state index is 12.0. The number of ether oxygens (including phenoxy) is 2. The summed E-state index contributed by atoms with van der Waals surface area (Å²) in [5.74, 6) is 0.641. The highest BCUT2D eigenvalue weighted by Gasteiger charge is 2.18. The molecule has 0 radical (unpaired) electrons. The van der Waals surface area contributed by atoms with Crippen molar-refractivity contribution in [1.29, 1.82) is 0 Å². The SMILES string of the molecule is COC(=O)CCCNC(=O)CN1CCN(Cc2ccc(OC)cc2)CC1. The molecule has 2 rings (SSSR count). The predicted octanol–water partition coefficient (Wildman–Crippen LogP) is 0.882. The number of methoxy groups -OCH3 is 2. The molecule has 0 unspecified atom stereocenters.